The Bertz CT molecular complexity index is 1070. The minimum atomic E-state index is -3.97. The van der Waals surface area contributed by atoms with Crippen molar-refractivity contribution in [3.63, 3.8) is 0 Å². The van der Waals surface area contributed by atoms with Gasteiger partial charge in [-0.05, 0) is 55.8 Å². The van der Waals surface area contributed by atoms with Gasteiger partial charge in [-0.25, -0.2) is 8.42 Å². The van der Waals surface area contributed by atoms with Crippen LogP contribution in [0, 0.1) is 0 Å². The number of anilines is 1. The number of hydrogen-bond acceptors (Lipinski definition) is 6. The van der Waals surface area contributed by atoms with Crippen LogP contribution in [0.1, 0.15) is 13.3 Å². The molecule has 1 aliphatic rings. The van der Waals surface area contributed by atoms with Crippen LogP contribution in [-0.2, 0) is 19.6 Å². The molecule has 0 aromatic heterocycles. The molecule has 32 heavy (non-hydrogen) atoms. The molecule has 1 heterocycles. The lowest BCUT2D eigenvalue weighted by molar-refractivity contribution is -0.145. The molecule has 0 spiro atoms. The van der Waals surface area contributed by atoms with Gasteiger partial charge in [-0.3, -0.25) is 14.0 Å². The SMILES string of the molecule is COC(=O)C1CSCN1CC[C@@H](C)N(c1cc(Cl)ccc1Cl)S(=O)(=O)c1ccc(Cl)cc1. The first kappa shape index (κ1) is 25.5. The highest BCUT2D eigenvalue weighted by Crippen LogP contribution is 2.35. The predicted molar refractivity (Wildman–Crippen MR) is 131 cm³/mol. The first-order valence-corrected chi connectivity index (χ1v) is 13.5. The topological polar surface area (TPSA) is 66.9 Å². The van der Waals surface area contributed by atoms with Crippen LogP contribution in [0.2, 0.25) is 15.1 Å². The van der Waals surface area contributed by atoms with E-state index in [1.54, 1.807) is 30.8 Å². The number of sulfonamides is 1. The van der Waals surface area contributed by atoms with Crippen molar-refractivity contribution in [1.29, 1.82) is 0 Å². The fraction of sp³-hybridized carbons (Fsp3) is 0.381. The van der Waals surface area contributed by atoms with Crippen LogP contribution in [0.3, 0.4) is 0 Å². The third kappa shape index (κ3) is 5.66. The van der Waals surface area contributed by atoms with Crippen molar-refractivity contribution in [3.05, 3.63) is 57.5 Å². The van der Waals surface area contributed by atoms with Crippen molar-refractivity contribution in [2.75, 3.05) is 29.6 Å². The molecule has 11 heteroatoms. The maximum absolute atomic E-state index is 13.7. The van der Waals surface area contributed by atoms with Gasteiger partial charge in [0.25, 0.3) is 10.0 Å². The summed E-state index contributed by atoms with van der Waals surface area (Å²) in [5, 5.41) is 1.07. The number of benzene rings is 2. The standard InChI is InChI=1S/C21H23Cl3N2O4S2/c1-14(9-10-25-13-31-12-20(25)21(27)30-2)26(19-11-16(23)5-8-18(19)24)32(28,29)17-6-3-15(22)4-7-17/h3-8,11,14,20H,9-10,12-13H2,1-2H3/t14-,20?/m1/s1. The van der Waals surface area contributed by atoms with Crippen LogP contribution in [-0.4, -0.2) is 56.7 Å². The monoisotopic (exact) mass is 536 g/mol. The van der Waals surface area contributed by atoms with Gasteiger partial charge in [0.05, 0.1) is 22.7 Å². The maximum atomic E-state index is 13.7. The van der Waals surface area contributed by atoms with Crippen LogP contribution in [0.15, 0.2) is 47.4 Å². The molecule has 0 N–H and O–H groups in total. The second-order valence-corrected chi connectivity index (χ2v) is 11.4. The molecule has 0 aliphatic carbocycles. The zero-order valence-corrected chi connectivity index (χ0v) is 21.4. The summed E-state index contributed by atoms with van der Waals surface area (Å²) in [5.74, 6) is 1.04. The average Bonchev–Trinajstić information content (AvgIpc) is 3.23. The number of nitrogens with zero attached hydrogens (tertiary/aromatic N) is 2. The lowest BCUT2D eigenvalue weighted by Crippen LogP contribution is -2.43. The lowest BCUT2D eigenvalue weighted by atomic mass is 10.2. The summed E-state index contributed by atoms with van der Waals surface area (Å²) in [5.41, 5.74) is 0.293. The second kappa shape index (κ2) is 10.8. The lowest BCUT2D eigenvalue weighted by Gasteiger charge is -2.33. The zero-order chi connectivity index (χ0) is 23.5. The predicted octanol–water partition coefficient (Wildman–Crippen LogP) is 5.17. The van der Waals surface area contributed by atoms with Gasteiger partial charge >= 0.3 is 5.97 Å². The van der Waals surface area contributed by atoms with E-state index in [1.165, 1.54) is 41.7 Å². The van der Waals surface area contributed by atoms with E-state index in [-0.39, 0.29) is 21.9 Å². The molecule has 1 aliphatic heterocycles. The molecule has 0 amide bonds. The average molecular weight is 538 g/mol. The Balaban J connectivity index is 1.93. The molecule has 6 nitrogen and oxygen atoms in total. The highest BCUT2D eigenvalue weighted by molar-refractivity contribution is 7.99. The molecule has 174 valence electrons. The number of thioether (sulfide) groups is 1. The van der Waals surface area contributed by atoms with Crippen molar-refractivity contribution in [3.8, 4) is 0 Å². The highest BCUT2D eigenvalue weighted by atomic mass is 35.5. The molecule has 3 rings (SSSR count). The molecule has 2 atom stereocenters. The number of esters is 1. The van der Waals surface area contributed by atoms with E-state index < -0.39 is 16.1 Å². The summed E-state index contributed by atoms with van der Waals surface area (Å²) >= 11 is 20.2. The summed E-state index contributed by atoms with van der Waals surface area (Å²) in [7, 11) is -2.60. The van der Waals surface area contributed by atoms with Gasteiger partial charge in [0.1, 0.15) is 6.04 Å². The number of halogens is 3. The summed E-state index contributed by atoms with van der Waals surface area (Å²) in [6.07, 6.45) is 0.462. The molecule has 2 aromatic rings. The number of hydrogen-bond donors (Lipinski definition) is 0. The van der Waals surface area contributed by atoms with Crippen molar-refractivity contribution >= 4 is 68.2 Å². The van der Waals surface area contributed by atoms with E-state index in [0.29, 0.717) is 40.3 Å². The Hall–Kier alpha value is -1.16. The van der Waals surface area contributed by atoms with Gasteiger partial charge in [0.15, 0.2) is 0 Å². The Kier molecular flexibility index (Phi) is 8.63. The molecular formula is C21H23Cl3N2O4S2. The maximum Gasteiger partial charge on any atom is 0.323 e. The minimum absolute atomic E-state index is 0.0916. The van der Waals surface area contributed by atoms with Gasteiger partial charge in [0.2, 0.25) is 0 Å². The third-order valence-electron chi connectivity index (χ3n) is 5.20. The number of carbonyl (C=O) groups is 1. The number of methoxy groups -OCH3 is 1. The summed E-state index contributed by atoms with van der Waals surface area (Å²) in [6, 6.07) is 9.87. The Morgan fingerprint density at radius 2 is 1.84 bits per heavy atom. The van der Waals surface area contributed by atoms with Crippen LogP contribution < -0.4 is 4.31 Å². The fourth-order valence-electron chi connectivity index (χ4n) is 3.50. The quantitative estimate of drug-likeness (QED) is 0.433. The van der Waals surface area contributed by atoms with E-state index in [4.69, 9.17) is 39.5 Å². The first-order chi connectivity index (χ1) is 15.1. The van der Waals surface area contributed by atoms with Gasteiger partial charge in [-0.1, -0.05) is 34.8 Å². The summed E-state index contributed by atoms with van der Waals surface area (Å²) < 4.78 is 33.5. The third-order valence-corrected chi connectivity index (χ3v) is 9.01. The van der Waals surface area contributed by atoms with Crippen LogP contribution in [0.25, 0.3) is 0 Å². The van der Waals surface area contributed by atoms with E-state index in [2.05, 4.69) is 0 Å². The molecular weight excluding hydrogens is 515 g/mol. The smallest absolute Gasteiger partial charge is 0.323 e. The highest BCUT2D eigenvalue weighted by Gasteiger charge is 2.35. The Morgan fingerprint density at radius 1 is 1.19 bits per heavy atom. The zero-order valence-electron chi connectivity index (χ0n) is 17.5. The summed E-state index contributed by atoms with van der Waals surface area (Å²) in [4.78, 5) is 14.1. The molecule has 0 bridgehead atoms. The molecule has 1 unspecified atom stereocenters. The van der Waals surface area contributed by atoms with Crippen molar-refractivity contribution in [2.45, 2.75) is 30.3 Å². The largest absolute Gasteiger partial charge is 0.468 e. The molecule has 2 aromatic carbocycles. The Morgan fingerprint density at radius 3 is 2.50 bits per heavy atom. The normalized spacial score (nSPS) is 17.8. The van der Waals surface area contributed by atoms with Crippen LogP contribution >= 0.6 is 46.6 Å². The minimum Gasteiger partial charge on any atom is -0.468 e. The van der Waals surface area contributed by atoms with Crippen molar-refractivity contribution in [2.24, 2.45) is 0 Å². The number of rotatable bonds is 8. The second-order valence-electron chi connectivity index (χ2n) is 7.34. The van der Waals surface area contributed by atoms with Crippen LogP contribution in [0.5, 0.6) is 0 Å². The molecule has 0 radical (unpaired) electrons. The van der Waals surface area contributed by atoms with E-state index in [0.717, 1.165) is 0 Å². The van der Waals surface area contributed by atoms with Gasteiger partial charge in [-0.15, -0.1) is 11.8 Å². The molecule has 1 saturated heterocycles. The number of ether oxygens (including phenoxy) is 1. The van der Waals surface area contributed by atoms with Gasteiger partial charge in [-0.2, -0.15) is 0 Å². The van der Waals surface area contributed by atoms with E-state index in [9.17, 15) is 13.2 Å². The van der Waals surface area contributed by atoms with E-state index >= 15 is 0 Å². The summed E-state index contributed by atoms with van der Waals surface area (Å²) in [6.45, 7) is 2.32. The molecule has 0 saturated carbocycles. The van der Waals surface area contributed by atoms with Gasteiger partial charge < -0.3 is 4.74 Å². The Labute approximate surface area is 207 Å². The molecule has 1 fully saturated rings. The number of carbonyl (C=O) groups excluding carboxylic acids is 1. The van der Waals surface area contributed by atoms with Gasteiger partial charge in [0, 0.05) is 34.3 Å². The van der Waals surface area contributed by atoms with Crippen LogP contribution in [0.4, 0.5) is 5.69 Å². The first-order valence-electron chi connectivity index (χ1n) is 9.80. The fourth-order valence-corrected chi connectivity index (χ4v) is 6.97. The van der Waals surface area contributed by atoms with E-state index in [1.807, 2.05) is 4.90 Å². The van der Waals surface area contributed by atoms with Crippen molar-refractivity contribution in [1.82, 2.24) is 4.90 Å². The van der Waals surface area contributed by atoms with Crippen molar-refractivity contribution < 1.29 is 17.9 Å².